The molecule has 0 spiro atoms. The number of fused-ring (bicyclic) bond motifs is 5. The summed E-state index contributed by atoms with van der Waals surface area (Å²) in [5, 5.41) is 5.09. The van der Waals surface area contributed by atoms with Gasteiger partial charge in [0.25, 0.3) is 10.2 Å². The van der Waals surface area contributed by atoms with Gasteiger partial charge < -0.3 is 4.74 Å². The van der Waals surface area contributed by atoms with E-state index >= 15 is 0 Å². The Hall–Kier alpha value is -3.90. The van der Waals surface area contributed by atoms with Crippen molar-refractivity contribution in [1.29, 1.82) is 0 Å². The molecule has 1 aromatic heterocycles. The van der Waals surface area contributed by atoms with E-state index in [1.165, 1.54) is 28.4 Å². The summed E-state index contributed by atoms with van der Waals surface area (Å²) >= 11 is 0. The van der Waals surface area contributed by atoms with Crippen LogP contribution in [0.2, 0.25) is 0 Å². The van der Waals surface area contributed by atoms with Gasteiger partial charge in [0.1, 0.15) is 17.4 Å². The largest absolute Gasteiger partial charge is 0.483 e. The van der Waals surface area contributed by atoms with Crippen LogP contribution in [0.3, 0.4) is 0 Å². The molecule has 3 N–H and O–H groups in total. The zero-order chi connectivity index (χ0) is 25.3. The minimum absolute atomic E-state index is 0.122. The Labute approximate surface area is 200 Å². The monoisotopic (exact) mass is 497 g/mol. The van der Waals surface area contributed by atoms with Gasteiger partial charge in [-0.05, 0) is 56.7 Å². The van der Waals surface area contributed by atoms with E-state index in [0.29, 0.717) is 22.6 Å². The van der Waals surface area contributed by atoms with Gasteiger partial charge in [-0.25, -0.2) is 28.7 Å². The minimum atomic E-state index is -3.99. The Bertz CT molecular complexity index is 1640. The average molecular weight is 498 g/mol. The van der Waals surface area contributed by atoms with Gasteiger partial charge in [0.05, 0.1) is 17.9 Å². The van der Waals surface area contributed by atoms with Gasteiger partial charge in [0.2, 0.25) is 0 Å². The van der Waals surface area contributed by atoms with Crippen LogP contribution in [0.5, 0.6) is 5.75 Å². The van der Waals surface area contributed by atoms with Crippen LogP contribution in [0.25, 0.3) is 5.69 Å². The second kappa shape index (κ2) is 7.55. The summed E-state index contributed by atoms with van der Waals surface area (Å²) in [5.41, 5.74) is 0.510. The molecule has 3 heterocycles. The van der Waals surface area contributed by atoms with Gasteiger partial charge in [-0.2, -0.15) is 8.42 Å². The van der Waals surface area contributed by atoms with Crippen LogP contribution in [0.1, 0.15) is 42.7 Å². The summed E-state index contributed by atoms with van der Waals surface area (Å²) in [5.74, 6) is 0.236. The van der Waals surface area contributed by atoms with Gasteiger partial charge in [-0.15, -0.1) is 0 Å². The number of anilines is 1. The van der Waals surface area contributed by atoms with Crippen LogP contribution in [0.4, 0.5) is 5.69 Å². The fourth-order valence-electron chi connectivity index (χ4n) is 4.69. The lowest BCUT2D eigenvalue weighted by Gasteiger charge is -2.42. The lowest BCUT2D eigenvalue weighted by atomic mass is 9.83. The van der Waals surface area contributed by atoms with E-state index in [9.17, 15) is 22.8 Å². The molecular formula is C23H23N5O6S. The number of benzene rings is 2. The maximum Gasteiger partial charge on any atom is 0.352 e. The molecule has 3 aromatic rings. The Morgan fingerprint density at radius 3 is 2.43 bits per heavy atom. The number of nitrogens with two attached hydrogens (primary N) is 1. The maximum atomic E-state index is 13.6. The van der Waals surface area contributed by atoms with Crippen molar-refractivity contribution in [2.45, 2.75) is 39.0 Å². The number of allylic oxidation sites excluding steroid dienone is 1. The van der Waals surface area contributed by atoms with E-state index in [1.807, 2.05) is 19.9 Å². The number of carbonyl (C=O) groups excluding carboxylic acids is 1. The molecule has 11 nitrogen and oxygen atoms in total. The molecular weight excluding hydrogens is 474 g/mol. The number of hydrogen-bond acceptors (Lipinski definition) is 6. The highest BCUT2D eigenvalue weighted by atomic mass is 32.2. The zero-order valence-electron chi connectivity index (χ0n) is 19.2. The van der Waals surface area contributed by atoms with Crippen LogP contribution in [-0.4, -0.2) is 33.7 Å². The molecule has 0 saturated carbocycles. The number of ether oxygens (including phenoxy) is 1. The highest BCUT2D eigenvalue weighted by Crippen LogP contribution is 2.46. The number of hydrogen-bond donors (Lipinski definition) is 2. The lowest BCUT2D eigenvalue weighted by molar-refractivity contribution is 0.101. The van der Waals surface area contributed by atoms with Crippen LogP contribution >= 0.6 is 0 Å². The smallest absolute Gasteiger partial charge is 0.352 e. The van der Waals surface area contributed by atoms with Gasteiger partial charge in [0, 0.05) is 17.2 Å². The molecule has 2 aliphatic heterocycles. The predicted molar refractivity (Wildman–Crippen MR) is 128 cm³/mol. The van der Waals surface area contributed by atoms with Crippen molar-refractivity contribution in [2.75, 3.05) is 4.72 Å². The standard InChI is InChI=1S/C23H23N5O6S/c1-13(29)14-4-7-16(8-5-14)27-21(30)26-11-10-18-20(28(26)22(27)31)17-9-6-15(25-35(24,32)33)12-19(17)34-23(18,2)3/h4-10,12,20,25H,11H2,1-3H3,(H2,24,32,33). The second-order valence-electron chi connectivity index (χ2n) is 9.00. The number of aromatic nitrogens is 3. The summed E-state index contributed by atoms with van der Waals surface area (Å²) in [7, 11) is -3.99. The van der Waals surface area contributed by atoms with Crippen molar-refractivity contribution < 1.29 is 17.9 Å². The normalized spacial score (nSPS) is 17.9. The molecule has 182 valence electrons. The molecule has 0 bridgehead atoms. The third-order valence-corrected chi connectivity index (χ3v) is 6.76. The minimum Gasteiger partial charge on any atom is -0.483 e. The molecule has 1 atom stereocenters. The van der Waals surface area contributed by atoms with E-state index in [0.717, 1.165) is 10.1 Å². The van der Waals surface area contributed by atoms with Gasteiger partial charge in [0.15, 0.2) is 5.78 Å². The third kappa shape index (κ3) is 3.70. The molecule has 2 aromatic carbocycles. The number of ketones is 1. The van der Waals surface area contributed by atoms with E-state index in [-0.39, 0.29) is 18.0 Å². The molecule has 35 heavy (non-hydrogen) atoms. The Kier molecular flexibility index (Phi) is 4.93. The molecule has 1 unspecified atom stereocenters. The lowest BCUT2D eigenvalue weighted by Crippen LogP contribution is -2.46. The number of rotatable bonds is 4. The molecule has 5 rings (SSSR count). The fraction of sp³-hybridized carbons (Fsp3) is 0.261. The zero-order valence-corrected chi connectivity index (χ0v) is 20.0. The SMILES string of the molecule is CC(=O)c1ccc(-n2c(=O)n3n(c2=O)C2C(=CC3)C(C)(C)Oc3cc(NS(N)(=O)=O)ccc32)cc1. The predicted octanol–water partition coefficient (Wildman–Crippen LogP) is 1.32. The van der Waals surface area contributed by atoms with Crippen LogP contribution in [-0.2, 0) is 16.8 Å². The Balaban J connectivity index is 1.69. The first-order valence-corrected chi connectivity index (χ1v) is 12.3. The second-order valence-corrected chi connectivity index (χ2v) is 10.3. The summed E-state index contributed by atoms with van der Waals surface area (Å²) in [4.78, 5) is 38.6. The molecule has 0 radical (unpaired) electrons. The summed E-state index contributed by atoms with van der Waals surface area (Å²) in [6.07, 6.45) is 1.87. The van der Waals surface area contributed by atoms with Crippen molar-refractivity contribution in [2.24, 2.45) is 5.14 Å². The highest BCUT2D eigenvalue weighted by molar-refractivity contribution is 7.90. The third-order valence-electron chi connectivity index (χ3n) is 6.24. The van der Waals surface area contributed by atoms with E-state index in [1.54, 1.807) is 30.3 Å². The van der Waals surface area contributed by atoms with Crippen LogP contribution in [0, 0.1) is 0 Å². The molecule has 0 fully saturated rings. The van der Waals surface area contributed by atoms with Crippen molar-refractivity contribution in [1.82, 2.24) is 13.9 Å². The first kappa shape index (κ1) is 22.9. The van der Waals surface area contributed by atoms with Gasteiger partial charge in [-0.1, -0.05) is 12.1 Å². The fourth-order valence-corrected chi connectivity index (χ4v) is 5.15. The summed E-state index contributed by atoms with van der Waals surface area (Å²) in [6.45, 7) is 5.29. The average Bonchev–Trinajstić information content (AvgIpc) is 3.02. The Morgan fingerprint density at radius 2 is 1.80 bits per heavy atom. The van der Waals surface area contributed by atoms with Gasteiger partial charge in [-0.3, -0.25) is 9.52 Å². The molecule has 2 aliphatic rings. The van der Waals surface area contributed by atoms with Crippen LogP contribution < -0.4 is 26.0 Å². The highest BCUT2D eigenvalue weighted by Gasteiger charge is 2.44. The van der Waals surface area contributed by atoms with Crippen molar-refractivity contribution in [3.8, 4) is 11.4 Å². The first-order valence-electron chi connectivity index (χ1n) is 10.8. The van der Waals surface area contributed by atoms with E-state index in [4.69, 9.17) is 9.88 Å². The number of Topliss-reactive ketones (excluding diaryl/α,β-unsaturated/α-hetero) is 1. The molecule has 0 saturated heterocycles. The van der Waals surface area contributed by atoms with E-state index < -0.39 is 33.2 Å². The summed E-state index contributed by atoms with van der Waals surface area (Å²) in [6, 6.07) is 10.3. The number of carbonyl (C=O) groups is 1. The van der Waals surface area contributed by atoms with Crippen molar-refractivity contribution in [3.63, 3.8) is 0 Å². The quantitative estimate of drug-likeness (QED) is 0.410. The Morgan fingerprint density at radius 1 is 1.11 bits per heavy atom. The number of nitrogens with one attached hydrogen (secondary N) is 1. The summed E-state index contributed by atoms with van der Waals surface area (Å²) < 4.78 is 35.2. The van der Waals surface area contributed by atoms with Crippen molar-refractivity contribution >= 4 is 21.7 Å². The molecule has 0 aliphatic carbocycles. The van der Waals surface area contributed by atoms with E-state index in [2.05, 4.69) is 4.72 Å². The maximum absolute atomic E-state index is 13.6. The van der Waals surface area contributed by atoms with Crippen molar-refractivity contribution in [3.05, 3.63) is 86.2 Å². The molecule has 0 amide bonds. The molecule has 12 heteroatoms. The number of nitrogens with zero attached hydrogens (tertiary/aromatic N) is 3. The first-order chi connectivity index (χ1) is 16.4. The van der Waals surface area contributed by atoms with Gasteiger partial charge >= 0.3 is 11.4 Å². The van der Waals surface area contributed by atoms with Crippen LogP contribution in [0.15, 0.2) is 63.7 Å². The topological polar surface area (TPSA) is 147 Å².